The van der Waals surface area contributed by atoms with Crippen molar-refractivity contribution in [3.8, 4) is 0 Å². The molecule has 0 spiro atoms. The van der Waals surface area contributed by atoms with Crippen LogP contribution in [0.2, 0.25) is 0 Å². The van der Waals surface area contributed by atoms with E-state index in [-0.39, 0.29) is 16.3 Å². The molecule has 21 heavy (non-hydrogen) atoms. The molecule has 120 valence electrons. The third kappa shape index (κ3) is 2.99. The number of halogens is 1. The van der Waals surface area contributed by atoms with Crippen molar-refractivity contribution in [1.82, 2.24) is 9.21 Å². The molecule has 0 saturated heterocycles. The maximum absolute atomic E-state index is 12.7. The molecular formula is C14H23ClN2O3S. The summed E-state index contributed by atoms with van der Waals surface area (Å²) in [6, 6.07) is 1.53. The number of sulfonamides is 1. The number of hydrogen-bond donors (Lipinski definition) is 0. The molecule has 0 N–H and O–H groups in total. The predicted octanol–water partition coefficient (Wildman–Crippen LogP) is 2.43. The first-order valence-electron chi connectivity index (χ1n) is 7.02. The van der Waals surface area contributed by atoms with Crippen molar-refractivity contribution < 1.29 is 12.8 Å². The zero-order chi connectivity index (χ0) is 15.8. The van der Waals surface area contributed by atoms with Crippen molar-refractivity contribution in [3.05, 3.63) is 17.6 Å². The summed E-state index contributed by atoms with van der Waals surface area (Å²) in [4.78, 5) is 2.35. The van der Waals surface area contributed by atoms with Crippen molar-refractivity contribution >= 4 is 21.6 Å². The fourth-order valence-electron chi connectivity index (χ4n) is 2.85. The van der Waals surface area contributed by atoms with Gasteiger partial charge in [0.1, 0.15) is 16.4 Å². The van der Waals surface area contributed by atoms with Crippen LogP contribution in [0.1, 0.15) is 30.8 Å². The van der Waals surface area contributed by atoms with Gasteiger partial charge >= 0.3 is 0 Å². The topological polar surface area (TPSA) is 53.8 Å². The van der Waals surface area contributed by atoms with E-state index in [0.717, 1.165) is 19.3 Å². The van der Waals surface area contributed by atoms with Gasteiger partial charge in [-0.3, -0.25) is 0 Å². The van der Waals surface area contributed by atoms with E-state index < -0.39 is 10.0 Å². The number of hydrogen-bond acceptors (Lipinski definition) is 4. The van der Waals surface area contributed by atoms with Gasteiger partial charge < -0.3 is 9.32 Å². The van der Waals surface area contributed by atoms with Crippen LogP contribution in [0, 0.1) is 6.92 Å². The SMILES string of the molecule is Cc1oc(CCl)cc1S(=O)(=O)N(C)CC1(N(C)C)CCC1. The number of nitrogens with zero attached hydrogens (tertiary/aromatic N) is 2. The molecule has 0 atom stereocenters. The van der Waals surface area contributed by atoms with Gasteiger partial charge in [-0.25, -0.2) is 8.42 Å². The van der Waals surface area contributed by atoms with Gasteiger partial charge in [-0.05, 0) is 40.3 Å². The molecule has 1 aliphatic carbocycles. The van der Waals surface area contributed by atoms with E-state index in [1.807, 2.05) is 14.1 Å². The minimum absolute atomic E-state index is 0.0469. The molecule has 2 rings (SSSR count). The van der Waals surface area contributed by atoms with Crippen LogP contribution in [-0.2, 0) is 15.9 Å². The molecule has 5 nitrogen and oxygen atoms in total. The second-order valence-corrected chi connectivity index (χ2v) is 8.28. The maximum atomic E-state index is 12.7. The Morgan fingerprint density at radius 2 is 1.95 bits per heavy atom. The molecule has 1 aliphatic rings. The van der Waals surface area contributed by atoms with Gasteiger partial charge in [0.2, 0.25) is 10.0 Å². The van der Waals surface area contributed by atoms with Crippen LogP contribution in [0.3, 0.4) is 0 Å². The van der Waals surface area contributed by atoms with Crippen LogP contribution in [0.25, 0.3) is 0 Å². The monoisotopic (exact) mass is 334 g/mol. The Morgan fingerprint density at radius 1 is 1.33 bits per heavy atom. The van der Waals surface area contributed by atoms with Crippen LogP contribution in [0.4, 0.5) is 0 Å². The molecule has 1 heterocycles. The van der Waals surface area contributed by atoms with Crippen LogP contribution < -0.4 is 0 Å². The molecule has 1 saturated carbocycles. The molecule has 7 heteroatoms. The van der Waals surface area contributed by atoms with Crippen molar-refractivity contribution in [2.75, 3.05) is 27.7 Å². The molecule has 0 bridgehead atoms. The normalized spacial score (nSPS) is 18.2. The van der Waals surface area contributed by atoms with E-state index in [9.17, 15) is 8.42 Å². The summed E-state index contributed by atoms with van der Waals surface area (Å²) in [6.45, 7) is 2.14. The zero-order valence-corrected chi connectivity index (χ0v) is 14.6. The highest BCUT2D eigenvalue weighted by atomic mass is 35.5. The standard InChI is InChI=1S/C14H23ClN2O3S/c1-11-13(8-12(9-15)20-11)21(18,19)17(4)10-14(16(2)3)6-5-7-14/h8H,5-7,9-10H2,1-4H3. The molecule has 0 unspecified atom stereocenters. The van der Waals surface area contributed by atoms with Crippen LogP contribution in [0.5, 0.6) is 0 Å². The van der Waals surface area contributed by atoms with Gasteiger partial charge in [0.25, 0.3) is 0 Å². The fourth-order valence-corrected chi connectivity index (χ4v) is 4.41. The number of likely N-dealkylation sites (N-methyl/N-ethyl adjacent to an activating group) is 2. The lowest BCUT2D eigenvalue weighted by atomic mass is 9.75. The van der Waals surface area contributed by atoms with Crippen molar-refractivity contribution in [2.45, 2.75) is 42.5 Å². The number of aryl methyl sites for hydroxylation is 1. The first-order chi connectivity index (χ1) is 9.73. The third-order valence-corrected chi connectivity index (χ3v) is 6.67. The predicted molar refractivity (Wildman–Crippen MR) is 83.1 cm³/mol. The van der Waals surface area contributed by atoms with E-state index in [1.165, 1.54) is 10.4 Å². The highest BCUT2D eigenvalue weighted by Gasteiger charge is 2.42. The van der Waals surface area contributed by atoms with Crippen LogP contribution in [0.15, 0.2) is 15.4 Å². The second-order valence-electron chi connectivity index (χ2n) is 6.00. The average Bonchev–Trinajstić information content (AvgIpc) is 2.74. The summed E-state index contributed by atoms with van der Waals surface area (Å²) in [5.74, 6) is 1.04. The van der Waals surface area contributed by atoms with Gasteiger partial charge in [0.15, 0.2) is 0 Å². The van der Waals surface area contributed by atoms with Gasteiger partial charge in [-0.1, -0.05) is 0 Å². The van der Waals surface area contributed by atoms with Gasteiger partial charge in [-0.15, -0.1) is 11.6 Å². The van der Waals surface area contributed by atoms with E-state index in [1.54, 1.807) is 14.0 Å². The molecule has 1 fully saturated rings. The second kappa shape index (κ2) is 5.91. The molecule has 1 aromatic heterocycles. The van der Waals surface area contributed by atoms with E-state index >= 15 is 0 Å². The minimum Gasteiger partial charge on any atom is -0.464 e. The van der Waals surface area contributed by atoms with Crippen molar-refractivity contribution in [2.24, 2.45) is 0 Å². The average molecular weight is 335 g/mol. The Balaban J connectivity index is 2.24. The lowest BCUT2D eigenvalue weighted by Crippen LogP contribution is -2.57. The lowest BCUT2D eigenvalue weighted by Gasteiger charge is -2.48. The molecule has 0 radical (unpaired) electrons. The van der Waals surface area contributed by atoms with Crippen molar-refractivity contribution in [1.29, 1.82) is 0 Å². The Kier molecular flexibility index (Phi) is 4.73. The van der Waals surface area contributed by atoms with Crippen molar-refractivity contribution in [3.63, 3.8) is 0 Å². The molecule has 0 amide bonds. The maximum Gasteiger partial charge on any atom is 0.246 e. The third-order valence-electron chi connectivity index (χ3n) is 4.49. The summed E-state index contributed by atoms with van der Waals surface area (Å²) in [5, 5.41) is 0. The zero-order valence-electron chi connectivity index (χ0n) is 13.0. The summed E-state index contributed by atoms with van der Waals surface area (Å²) in [6.07, 6.45) is 3.20. The number of alkyl halides is 1. The summed E-state index contributed by atoms with van der Waals surface area (Å²) in [5.41, 5.74) is -0.0469. The molecule has 1 aromatic rings. The first kappa shape index (κ1) is 16.8. The van der Waals surface area contributed by atoms with Gasteiger partial charge in [-0.2, -0.15) is 4.31 Å². The quantitative estimate of drug-likeness (QED) is 0.750. The van der Waals surface area contributed by atoms with Crippen LogP contribution in [-0.4, -0.2) is 50.8 Å². The Labute approximate surface area is 131 Å². The Morgan fingerprint density at radius 3 is 2.33 bits per heavy atom. The molecule has 0 aliphatic heterocycles. The first-order valence-corrected chi connectivity index (χ1v) is 8.99. The lowest BCUT2D eigenvalue weighted by molar-refractivity contribution is 0.0455. The summed E-state index contributed by atoms with van der Waals surface area (Å²) < 4.78 is 32.3. The Hall–Kier alpha value is -0.560. The molecule has 0 aromatic carbocycles. The number of furan rings is 1. The van der Waals surface area contributed by atoms with E-state index in [4.69, 9.17) is 16.0 Å². The van der Waals surface area contributed by atoms with E-state index in [2.05, 4.69) is 4.90 Å². The smallest absolute Gasteiger partial charge is 0.246 e. The highest BCUT2D eigenvalue weighted by molar-refractivity contribution is 7.89. The van der Waals surface area contributed by atoms with E-state index in [0.29, 0.717) is 18.1 Å². The molecular weight excluding hydrogens is 312 g/mol. The number of rotatable bonds is 6. The minimum atomic E-state index is -3.55. The highest BCUT2D eigenvalue weighted by Crippen LogP contribution is 2.37. The largest absolute Gasteiger partial charge is 0.464 e. The van der Waals surface area contributed by atoms with Gasteiger partial charge in [0.05, 0.1) is 5.88 Å². The van der Waals surface area contributed by atoms with Crippen LogP contribution >= 0.6 is 11.6 Å². The summed E-state index contributed by atoms with van der Waals surface area (Å²) in [7, 11) is 2.10. The summed E-state index contributed by atoms with van der Waals surface area (Å²) >= 11 is 5.71. The van der Waals surface area contributed by atoms with Gasteiger partial charge in [0, 0.05) is 25.2 Å². The Bertz CT molecular complexity index is 606. The fraction of sp³-hybridized carbons (Fsp3) is 0.714.